The van der Waals surface area contributed by atoms with Crippen LogP contribution in [-0.2, 0) is 4.74 Å². The van der Waals surface area contributed by atoms with Gasteiger partial charge >= 0.3 is 0 Å². The second kappa shape index (κ2) is 17.1. The van der Waals surface area contributed by atoms with Crippen LogP contribution in [0.25, 0.3) is 0 Å². The third-order valence-corrected chi connectivity index (χ3v) is 6.66. The van der Waals surface area contributed by atoms with Crippen LogP contribution >= 0.6 is 0 Å². The van der Waals surface area contributed by atoms with Crippen molar-refractivity contribution in [1.29, 1.82) is 0 Å². The second-order valence-electron chi connectivity index (χ2n) is 9.94. The Morgan fingerprint density at radius 3 is 1.43 bits per heavy atom. The lowest BCUT2D eigenvalue weighted by Crippen LogP contribution is -2.42. The molecule has 0 radical (unpaired) electrons. The Morgan fingerprint density at radius 2 is 0.973 bits per heavy atom. The molecule has 0 atom stereocenters. The predicted octanol–water partition coefficient (Wildman–Crippen LogP) is 6.97. The van der Waals surface area contributed by atoms with Crippen LogP contribution in [0.2, 0.25) is 0 Å². The third kappa shape index (κ3) is 11.2. The molecule has 3 rings (SSSR count). The summed E-state index contributed by atoms with van der Waals surface area (Å²) in [7, 11) is 0. The molecule has 0 spiro atoms. The van der Waals surface area contributed by atoms with Gasteiger partial charge < -0.3 is 28.8 Å². The Labute approximate surface area is 223 Å². The minimum Gasteiger partial charge on any atom is -0.487 e. The van der Waals surface area contributed by atoms with Gasteiger partial charge in [-0.2, -0.15) is 0 Å². The summed E-state index contributed by atoms with van der Waals surface area (Å²) in [6, 6.07) is 15.1. The zero-order chi connectivity index (χ0) is 26.0. The number of unbranched alkanes of at least 4 members (excludes halogenated alkanes) is 9. The van der Waals surface area contributed by atoms with Gasteiger partial charge in [-0.3, -0.25) is 0 Å². The first-order chi connectivity index (χ1) is 18.2. The van der Waals surface area contributed by atoms with E-state index in [-0.39, 0.29) is 13.2 Å². The molecular weight excluding hydrogens is 468 g/mol. The molecule has 1 aliphatic heterocycles. The number of hydrogen-bond donors (Lipinski definition) is 1. The average Bonchev–Trinajstić information content (AvgIpc) is 2.92. The zero-order valence-corrected chi connectivity index (χ0v) is 22.6. The van der Waals surface area contributed by atoms with E-state index in [2.05, 4.69) is 6.92 Å². The van der Waals surface area contributed by atoms with Crippen LogP contribution in [0, 0.1) is 0 Å². The molecule has 0 aliphatic carbocycles. The van der Waals surface area contributed by atoms with Gasteiger partial charge in [-0.1, -0.05) is 95.4 Å². The highest BCUT2D eigenvalue weighted by molar-refractivity contribution is 5.40. The van der Waals surface area contributed by atoms with Crippen molar-refractivity contribution in [2.75, 3.05) is 39.6 Å². The highest BCUT2D eigenvalue weighted by Crippen LogP contribution is 2.31. The molecule has 0 aromatic heterocycles. The van der Waals surface area contributed by atoms with Crippen LogP contribution in [0.3, 0.4) is 0 Å². The highest BCUT2D eigenvalue weighted by Gasteiger charge is 2.30. The lowest BCUT2D eigenvalue weighted by atomic mass is 9.96. The van der Waals surface area contributed by atoms with Crippen LogP contribution in [0.1, 0.15) is 77.6 Å². The van der Waals surface area contributed by atoms with Crippen LogP contribution < -0.4 is 18.9 Å². The summed E-state index contributed by atoms with van der Waals surface area (Å²) < 4.78 is 29.6. The van der Waals surface area contributed by atoms with Crippen LogP contribution in [0.5, 0.6) is 23.0 Å². The van der Waals surface area contributed by atoms with E-state index in [0.717, 1.165) is 12.8 Å². The van der Waals surface area contributed by atoms with Crippen LogP contribution in [0.15, 0.2) is 48.5 Å². The number of hydrogen-bond acceptors (Lipinski definition) is 6. The lowest BCUT2D eigenvalue weighted by Gasteiger charge is -2.29. The molecule has 0 unspecified atom stereocenters. The largest absolute Gasteiger partial charge is 0.487 e. The quantitative estimate of drug-likeness (QED) is 0.327. The zero-order valence-electron chi connectivity index (χ0n) is 22.6. The van der Waals surface area contributed by atoms with Crippen LogP contribution in [-0.4, -0.2) is 50.3 Å². The lowest BCUT2D eigenvalue weighted by molar-refractivity contribution is -0.0486. The van der Waals surface area contributed by atoms with E-state index in [4.69, 9.17) is 23.7 Å². The Balaban J connectivity index is 1.58. The van der Waals surface area contributed by atoms with Crippen molar-refractivity contribution >= 4 is 0 Å². The van der Waals surface area contributed by atoms with E-state index >= 15 is 0 Å². The van der Waals surface area contributed by atoms with E-state index in [1.165, 1.54) is 51.4 Å². The topological polar surface area (TPSA) is 66.4 Å². The number of fused-ring (bicyclic) bond motifs is 2. The van der Waals surface area contributed by atoms with Crippen molar-refractivity contribution in [2.24, 2.45) is 0 Å². The van der Waals surface area contributed by atoms with Crippen molar-refractivity contribution in [3.8, 4) is 23.0 Å². The summed E-state index contributed by atoms with van der Waals surface area (Å²) in [6.45, 7) is 4.18. The fourth-order valence-electron chi connectivity index (χ4n) is 4.45. The fourth-order valence-corrected chi connectivity index (χ4v) is 4.45. The fraction of sp³-hybridized carbons (Fsp3) is 0.613. The van der Waals surface area contributed by atoms with E-state index < -0.39 is 5.60 Å². The van der Waals surface area contributed by atoms with Crippen LogP contribution in [0.4, 0.5) is 0 Å². The Bertz CT molecular complexity index is 815. The van der Waals surface area contributed by atoms with E-state index in [9.17, 15) is 5.11 Å². The van der Waals surface area contributed by atoms with Gasteiger partial charge in [0, 0.05) is 0 Å². The minimum absolute atomic E-state index is 0.115. The van der Waals surface area contributed by atoms with Crippen molar-refractivity contribution in [2.45, 2.75) is 83.2 Å². The maximum Gasteiger partial charge on any atom is 0.161 e. The summed E-state index contributed by atoms with van der Waals surface area (Å²) in [5, 5.41) is 11.6. The van der Waals surface area contributed by atoms with Gasteiger partial charge in [0.2, 0.25) is 0 Å². The Kier molecular flexibility index (Phi) is 13.5. The average molecular weight is 515 g/mol. The first-order valence-corrected chi connectivity index (χ1v) is 14.2. The maximum absolute atomic E-state index is 11.6. The molecule has 206 valence electrons. The normalized spacial score (nSPS) is 16.3. The van der Waals surface area contributed by atoms with Crippen molar-refractivity contribution in [1.82, 2.24) is 0 Å². The van der Waals surface area contributed by atoms with Gasteiger partial charge in [0.15, 0.2) is 23.0 Å². The van der Waals surface area contributed by atoms with Gasteiger partial charge in [-0.15, -0.1) is 0 Å². The molecule has 37 heavy (non-hydrogen) atoms. The van der Waals surface area contributed by atoms with Gasteiger partial charge in [0.25, 0.3) is 0 Å². The standard InChI is InChI=1S/C31H46O6/c1-2-3-4-5-6-7-8-9-10-15-20-31(32)25-36-29-18-13-11-16-27(29)34-23-21-33-22-24-35-28-17-12-14-19-30(28)37-26-31/h11-14,16-19,32H,2-10,15,20-26H2,1H3. The number of aliphatic hydroxyl groups is 1. The predicted molar refractivity (Wildman–Crippen MR) is 147 cm³/mol. The molecule has 1 aliphatic rings. The molecule has 1 heterocycles. The van der Waals surface area contributed by atoms with Gasteiger partial charge in [0.1, 0.15) is 32.0 Å². The molecule has 2 aromatic carbocycles. The van der Waals surface area contributed by atoms with Crippen molar-refractivity contribution in [3.63, 3.8) is 0 Å². The van der Waals surface area contributed by atoms with Crippen molar-refractivity contribution < 1.29 is 28.8 Å². The maximum atomic E-state index is 11.6. The third-order valence-electron chi connectivity index (χ3n) is 6.66. The number of para-hydroxylation sites is 4. The smallest absolute Gasteiger partial charge is 0.161 e. The Morgan fingerprint density at radius 1 is 0.568 bits per heavy atom. The number of ether oxygens (including phenoxy) is 5. The summed E-state index contributed by atoms with van der Waals surface area (Å²) in [6.07, 6.45) is 13.1. The molecule has 0 saturated heterocycles. The van der Waals surface area contributed by atoms with E-state index in [0.29, 0.717) is 55.8 Å². The summed E-state index contributed by atoms with van der Waals surface area (Å²) in [5.74, 6) is 2.50. The molecule has 6 nitrogen and oxygen atoms in total. The molecule has 6 heteroatoms. The highest BCUT2D eigenvalue weighted by atomic mass is 16.6. The van der Waals surface area contributed by atoms with Gasteiger partial charge in [-0.25, -0.2) is 0 Å². The van der Waals surface area contributed by atoms with Gasteiger partial charge in [0.05, 0.1) is 13.2 Å². The molecule has 0 saturated carbocycles. The van der Waals surface area contributed by atoms with E-state index in [1.807, 2.05) is 48.5 Å². The first-order valence-electron chi connectivity index (χ1n) is 14.2. The second-order valence-corrected chi connectivity index (χ2v) is 9.94. The number of benzene rings is 2. The summed E-state index contributed by atoms with van der Waals surface area (Å²) in [5.41, 5.74) is -1.14. The molecule has 2 aromatic rings. The minimum atomic E-state index is -1.14. The first kappa shape index (κ1) is 29.1. The summed E-state index contributed by atoms with van der Waals surface area (Å²) in [4.78, 5) is 0. The molecule has 0 amide bonds. The monoisotopic (exact) mass is 514 g/mol. The molecule has 0 fully saturated rings. The SMILES string of the molecule is CCCCCCCCCCCCC1(O)COc2ccccc2OCCOCCOc2ccccc2OC1. The molecular formula is C31H46O6. The molecule has 0 bridgehead atoms. The molecule has 1 N–H and O–H groups in total. The van der Waals surface area contributed by atoms with Gasteiger partial charge in [-0.05, 0) is 30.7 Å². The number of rotatable bonds is 11. The van der Waals surface area contributed by atoms with E-state index in [1.54, 1.807) is 0 Å². The Hall–Kier alpha value is -2.44. The van der Waals surface area contributed by atoms with Crippen molar-refractivity contribution in [3.05, 3.63) is 48.5 Å². The summed E-state index contributed by atoms with van der Waals surface area (Å²) >= 11 is 0.